The van der Waals surface area contributed by atoms with Crippen molar-refractivity contribution in [3.05, 3.63) is 30.6 Å². The van der Waals surface area contributed by atoms with Gasteiger partial charge in [0, 0.05) is 33.4 Å². The van der Waals surface area contributed by atoms with Gasteiger partial charge in [-0.1, -0.05) is 6.08 Å². The quantitative estimate of drug-likeness (QED) is 0.774. The van der Waals surface area contributed by atoms with E-state index in [4.69, 9.17) is 4.74 Å². The lowest BCUT2D eigenvalue weighted by molar-refractivity contribution is 0.0697. The van der Waals surface area contributed by atoms with E-state index in [1.54, 1.807) is 31.1 Å². The number of rotatable bonds is 7. The summed E-state index contributed by atoms with van der Waals surface area (Å²) in [4.78, 5) is 17.6. The van der Waals surface area contributed by atoms with Gasteiger partial charge in [0.25, 0.3) is 0 Å². The van der Waals surface area contributed by atoms with Crippen molar-refractivity contribution in [2.24, 2.45) is 7.05 Å². The molecule has 1 N–H and O–H groups in total. The van der Waals surface area contributed by atoms with Crippen LogP contribution >= 0.6 is 0 Å². The highest BCUT2D eigenvalue weighted by molar-refractivity contribution is 6.03. The Morgan fingerprint density at radius 1 is 1.57 bits per heavy atom. The van der Waals surface area contributed by atoms with Crippen LogP contribution in [0.1, 0.15) is 10.4 Å². The SMILES string of the molecule is C=CCN(CCOC)c1c(C(=O)O)cnc2c1cnn2C. The third kappa shape index (κ3) is 2.87. The first-order valence-electron chi connectivity index (χ1n) is 6.49. The van der Waals surface area contributed by atoms with Gasteiger partial charge in [-0.25, -0.2) is 9.78 Å². The second kappa shape index (κ2) is 6.36. The van der Waals surface area contributed by atoms with Crippen LogP contribution in [-0.2, 0) is 11.8 Å². The minimum atomic E-state index is -1.02. The molecule has 0 aliphatic heterocycles. The maximum absolute atomic E-state index is 11.5. The molecule has 0 aliphatic rings. The lowest BCUT2D eigenvalue weighted by atomic mass is 10.1. The van der Waals surface area contributed by atoms with Gasteiger partial charge in [-0.3, -0.25) is 4.68 Å². The molecule has 0 saturated heterocycles. The fraction of sp³-hybridized carbons (Fsp3) is 0.357. The van der Waals surface area contributed by atoms with E-state index in [1.807, 2.05) is 4.90 Å². The standard InChI is InChI=1S/C14H18N4O3/c1-4-5-18(6-7-21-3)12-10-9-16-17(2)13(10)15-8-11(12)14(19)20/h4,8-9H,1,5-7H2,2-3H3,(H,19,20). The summed E-state index contributed by atoms with van der Waals surface area (Å²) in [5.74, 6) is -1.02. The number of pyridine rings is 1. The minimum absolute atomic E-state index is 0.147. The zero-order valence-electron chi connectivity index (χ0n) is 12.1. The molecule has 0 saturated carbocycles. The van der Waals surface area contributed by atoms with Gasteiger partial charge in [-0.2, -0.15) is 5.10 Å². The van der Waals surface area contributed by atoms with Crippen LogP contribution in [-0.4, -0.2) is 52.6 Å². The number of carboxylic acids is 1. The molecular formula is C14H18N4O3. The van der Waals surface area contributed by atoms with E-state index in [1.165, 1.54) is 6.20 Å². The molecule has 0 atom stereocenters. The van der Waals surface area contributed by atoms with E-state index in [2.05, 4.69) is 16.7 Å². The molecule has 2 heterocycles. The molecule has 2 aromatic heterocycles. The molecule has 7 nitrogen and oxygen atoms in total. The van der Waals surface area contributed by atoms with Crippen LogP contribution in [0.25, 0.3) is 11.0 Å². The van der Waals surface area contributed by atoms with E-state index >= 15 is 0 Å². The van der Waals surface area contributed by atoms with Gasteiger partial charge in [-0.05, 0) is 0 Å². The molecule has 21 heavy (non-hydrogen) atoms. The number of aromatic carboxylic acids is 1. The number of hydrogen-bond acceptors (Lipinski definition) is 5. The normalized spacial score (nSPS) is 10.8. The molecular weight excluding hydrogens is 272 g/mol. The first-order valence-corrected chi connectivity index (χ1v) is 6.49. The van der Waals surface area contributed by atoms with E-state index in [-0.39, 0.29) is 5.56 Å². The Balaban J connectivity index is 2.62. The third-order valence-corrected chi connectivity index (χ3v) is 3.20. The minimum Gasteiger partial charge on any atom is -0.478 e. The molecule has 2 aromatic rings. The number of methoxy groups -OCH3 is 1. The van der Waals surface area contributed by atoms with Crippen LogP contribution in [0, 0.1) is 0 Å². The molecule has 2 rings (SSSR count). The number of anilines is 1. The van der Waals surface area contributed by atoms with Gasteiger partial charge in [-0.15, -0.1) is 6.58 Å². The number of hydrogen-bond donors (Lipinski definition) is 1. The number of carboxylic acid groups (broad SMARTS) is 1. The predicted octanol–water partition coefficient (Wildman–Crippen LogP) is 1.31. The van der Waals surface area contributed by atoms with Crippen LogP contribution in [0.15, 0.2) is 25.0 Å². The highest BCUT2D eigenvalue weighted by Crippen LogP contribution is 2.29. The number of aryl methyl sites for hydroxylation is 1. The Morgan fingerprint density at radius 3 is 2.95 bits per heavy atom. The highest BCUT2D eigenvalue weighted by Gasteiger charge is 2.21. The molecule has 0 amide bonds. The van der Waals surface area contributed by atoms with Crippen LogP contribution < -0.4 is 4.90 Å². The van der Waals surface area contributed by atoms with Crippen LogP contribution in [0.5, 0.6) is 0 Å². The average molecular weight is 290 g/mol. The van der Waals surface area contributed by atoms with E-state index in [0.717, 1.165) is 0 Å². The van der Waals surface area contributed by atoms with Gasteiger partial charge >= 0.3 is 5.97 Å². The average Bonchev–Trinajstić information content (AvgIpc) is 2.84. The lowest BCUT2D eigenvalue weighted by Crippen LogP contribution is -2.29. The molecule has 0 aromatic carbocycles. The summed E-state index contributed by atoms with van der Waals surface area (Å²) in [5, 5.41) is 14.3. The van der Waals surface area contributed by atoms with Crippen molar-refractivity contribution < 1.29 is 14.6 Å². The molecule has 112 valence electrons. The maximum atomic E-state index is 11.5. The summed E-state index contributed by atoms with van der Waals surface area (Å²) in [6, 6.07) is 0. The molecule has 0 spiro atoms. The Hall–Kier alpha value is -2.41. The molecule has 0 aliphatic carbocycles. The van der Waals surface area contributed by atoms with E-state index in [0.29, 0.717) is 36.4 Å². The van der Waals surface area contributed by atoms with Crippen molar-refractivity contribution in [1.29, 1.82) is 0 Å². The predicted molar refractivity (Wildman–Crippen MR) is 79.8 cm³/mol. The molecule has 7 heteroatoms. The number of ether oxygens (including phenoxy) is 1. The van der Waals surface area contributed by atoms with Gasteiger partial charge in [0.05, 0.1) is 23.9 Å². The summed E-state index contributed by atoms with van der Waals surface area (Å²) in [6.45, 7) is 5.27. The van der Waals surface area contributed by atoms with Gasteiger partial charge in [0.15, 0.2) is 5.65 Å². The zero-order chi connectivity index (χ0) is 15.4. The van der Waals surface area contributed by atoms with Crippen molar-refractivity contribution in [2.45, 2.75) is 0 Å². The van der Waals surface area contributed by atoms with Crippen LogP contribution in [0.4, 0.5) is 5.69 Å². The fourth-order valence-electron chi connectivity index (χ4n) is 2.23. The summed E-state index contributed by atoms with van der Waals surface area (Å²) < 4.78 is 6.72. The van der Waals surface area contributed by atoms with E-state index < -0.39 is 5.97 Å². The van der Waals surface area contributed by atoms with Crippen molar-refractivity contribution in [2.75, 3.05) is 31.7 Å². The zero-order valence-corrected chi connectivity index (χ0v) is 12.1. The van der Waals surface area contributed by atoms with E-state index in [9.17, 15) is 9.90 Å². The van der Waals surface area contributed by atoms with Gasteiger partial charge < -0.3 is 14.7 Å². The third-order valence-electron chi connectivity index (χ3n) is 3.20. The first kappa shape index (κ1) is 15.0. The van der Waals surface area contributed by atoms with Crippen molar-refractivity contribution in [3.63, 3.8) is 0 Å². The summed E-state index contributed by atoms with van der Waals surface area (Å²) in [6.07, 6.45) is 4.72. The second-order valence-electron chi connectivity index (χ2n) is 4.56. The van der Waals surface area contributed by atoms with Gasteiger partial charge in [0.2, 0.25) is 0 Å². The number of aromatic nitrogens is 3. The largest absolute Gasteiger partial charge is 0.478 e. The topological polar surface area (TPSA) is 80.5 Å². The number of fused-ring (bicyclic) bond motifs is 1. The highest BCUT2D eigenvalue weighted by atomic mass is 16.5. The smallest absolute Gasteiger partial charge is 0.339 e. The molecule has 0 bridgehead atoms. The van der Waals surface area contributed by atoms with Crippen molar-refractivity contribution in [3.8, 4) is 0 Å². The Kier molecular flexibility index (Phi) is 4.54. The monoisotopic (exact) mass is 290 g/mol. The lowest BCUT2D eigenvalue weighted by Gasteiger charge is -2.25. The molecule has 0 fully saturated rings. The Bertz CT molecular complexity index is 666. The first-order chi connectivity index (χ1) is 10.1. The Morgan fingerprint density at radius 2 is 2.33 bits per heavy atom. The van der Waals surface area contributed by atoms with Crippen molar-refractivity contribution in [1.82, 2.24) is 14.8 Å². The fourth-order valence-corrected chi connectivity index (χ4v) is 2.23. The van der Waals surface area contributed by atoms with Crippen LogP contribution in [0.3, 0.4) is 0 Å². The maximum Gasteiger partial charge on any atom is 0.339 e. The summed E-state index contributed by atoms with van der Waals surface area (Å²) >= 11 is 0. The van der Waals surface area contributed by atoms with Crippen molar-refractivity contribution >= 4 is 22.7 Å². The molecule has 0 unspecified atom stereocenters. The second-order valence-corrected chi connectivity index (χ2v) is 4.56. The summed E-state index contributed by atoms with van der Waals surface area (Å²) in [7, 11) is 3.38. The van der Waals surface area contributed by atoms with Gasteiger partial charge in [0.1, 0.15) is 5.56 Å². The molecule has 0 radical (unpaired) electrons. The number of carbonyl (C=O) groups is 1. The summed E-state index contributed by atoms with van der Waals surface area (Å²) in [5.41, 5.74) is 1.38. The van der Waals surface area contributed by atoms with Crippen LogP contribution in [0.2, 0.25) is 0 Å². The number of nitrogens with zero attached hydrogens (tertiary/aromatic N) is 4. The Labute approximate surface area is 122 Å².